The van der Waals surface area contributed by atoms with Crippen molar-refractivity contribution in [3.8, 4) is 0 Å². The van der Waals surface area contributed by atoms with E-state index in [2.05, 4.69) is 0 Å². The number of hydrogen-bond acceptors (Lipinski definition) is 5. The summed E-state index contributed by atoms with van der Waals surface area (Å²) in [7, 11) is -3.87. The van der Waals surface area contributed by atoms with Crippen LogP contribution in [-0.2, 0) is 19.6 Å². The minimum absolute atomic E-state index is 0.0713. The summed E-state index contributed by atoms with van der Waals surface area (Å²) in [5.74, 6) is -1.26. The van der Waals surface area contributed by atoms with E-state index in [1.807, 2.05) is 0 Å². The third-order valence-electron chi connectivity index (χ3n) is 5.02. The highest BCUT2D eigenvalue weighted by Gasteiger charge is 2.45. The van der Waals surface area contributed by atoms with Crippen LogP contribution < -0.4 is 5.14 Å². The van der Waals surface area contributed by atoms with E-state index in [1.54, 1.807) is 13.8 Å². The predicted molar refractivity (Wildman–Crippen MR) is 106 cm³/mol. The van der Waals surface area contributed by atoms with Gasteiger partial charge in [-0.2, -0.15) is 0 Å². The number of rotatable bonds is 5. The Bertz CT molecular complexity index is 1150. The van der Waals surface area contributed by atoms with Crippen LogP contribution in [0.25, 0.3) is 11.3 Å². The van der Waals surface area contributed by atoms with Gasteiger partial charge in [0.25, 0.3) is 0 Å². The van der Waals surface area contributed by atoms with Gasteiger partial charge in [-0.1, -0.05) is 13.0 Å². The van der Waals surface area contributed by atoms with Crippen molar-refractivity contribution in [3.05, 3.63) is 65.0 Å². The Morgan fingerprint density at radius 3 is 2.21 bits per heavy atom. The third kappa shape index (κ3) is 3.73. The fourth-order valence-corrected chi connectivity index (χ4v) is 3.66. The molecular weight excluding hydrogens is 397 g/mol. The van der Waals surface area contributed by atoms with Crippen molar-refractivity contribution in [1.82, 2.24) is 0 Å². The average Bonchev–Trinajstić information content (AvgIpc) is 2.92. The molecule has 0 saturated heterocycles. The SMILES string of the molecule is CCC1(C)OC(c2ccc(S(N)(=O)=O)cc2)=C(c2ccc(C(C)=O)c(F)c2)C1=O. The molecule has 0 aromatic heterocycles. The lowest BCUT2D eigenvalue weighted by molar-refractivity contribution is -0.126. The maximum absolute atomic E-state index is 14.4. The molecule has 8 heteroatoms. The molecule has 2 aromatic rings. The lowest BCUT2D eigenvalue weighted by atomic mass is 9.89. The van der Waals surface area contributed by atoms with Gasteiger partial charge < -0.3 is 4.74 Å². The van der Waals surface area contributed by atoms with Gasteiger partial charge in [0, 0.05) is 5.56 Å². The number of primary sulfonamides is 1. The van der Waals surface area contributed by atoms with Crippen molar-refractivity contribution < 1.29 is 27.1 Å². The van der Waals surface area contributed by atoms with Crippen molar-refractivity contribution >= 4 is 32.9 Å². The molecule has 2 aromatic carbocycles. The monoisotopic (exact) mass is 417 g/mol. The van der Waals surface area contributed by atoms with E-state index in [9.17, 15) is 22.4 Å². The summed E-state index contributed by atoms with van der Waals surface area (Å²) in [5.41, 5.74) is -0.308. The minimum atomic E-state index is -3.87. The number of ketones is 2. The second-order valence-corrected chi connectivity index (χ2v) is 8.60. The van der Waals surface area contributed by atoms with Crippen molar-refractivity contribution in [3.63, 3.8) is 0 Å². The van der Waals surface area contributed by atoms with Crippen LogP contribution >= 0.6 is 0 Å². The number of hydrogen-bond donors (Lipinski definition) is 1. The van der Waals surface area contributed by atoms with E-state index < -0.39 is 27.2 Å². The van der Waals surface area contributed by atoms with Crippen molar-refractivity contribution in [2.45, 2.75) is 37.7 Å². The normalized spacial score (nSPS) is 19.4. The van der Waals surface area contributed by atoms with Gasteiger partial charge in [0.2, 0.25) is 15.8 Å². The van der Waals surface area contributed by atoms with Crippen LogP contribution in [0.2, 0.25) is 0 Å². The number of benzene rings is 2. The Hall–Kier alpha value is -2.84. The number of carbonyl (C=O) groups excluding carboxylic acids is 2. The van der Waals surface area contributed by atoms with Gasteiger partial charge in [-0.3, -0.25) is 9.59 Å². The van der Waals surface area contributed by atoms with E-state index in [1.165, 1.54) is 43.3 Å². The molecule has 0 bridgehead atoms. The van der Waals surface area contributed by atoms with Crippen LogP contribution in [0.1, 0.15) is 48.7 Å². The molecule has 0 radical (unpaired) electrons. The summed E-state index contributed by atoms with van der Waals surface area (Å²) in [5, 5.41) is 5.13. The number of ether oxygens (including phenoxy) is 1. The van der Waals surface area contributed by atoms with Gasteiger partial charge in [0.15, 0.2) is 11.4 Å². The Morgan fingerprint density at radius 2 is 1.72 bits per heavy atom. The number of nitrogens with two attached hydrogens (primary N) is 1. The number of Topliss-reactive ketones (excluding diaryl/α,β-unsaturated/α-hetero) is 2. The topological polar surface area (TPSA) is 104 Å². The van der Waals surface area contributed by atoms with Crippen LogP contribution in [-0.4, -0.2) is 25.6 Å². The fraction of sp³-hybridized carbons (Fsp3) is 0.238. The summed E-state index contributed by atoms with van der Waals surface area (Å²) in [6.07, 6.45) is 0.377. The molecule has 1 aliphatic rings. The summed E-state index contributed by atoms with van der Waals surface area (Å²) in [6.45, 7) is 4.69. The lowest BCUT2D eigenvalue weighted by Crippen LogP contribution is -2.32. The first-order valence-corrected chi connectivity index (χ1v) is 10.4. The third-order valence-corrected chi connectivity index (χ3v) is 5.95. The first-order valence-electron chi connectivity index (χ1n) is 8.90. The molecule has 0 aliphatic carbocycles. The van der Waals surface area contributed by atoms with Crippen molar-refractivity contribution in [2.24, 2.45) is 5.14 Å². The Morgan fingerprint density at radius 1 is 1.14 bits per heavy atom. The maximum atomic E-state index is 14.4. The highest BCUT2D eigenvalue weighted by Crippen LogP contribution is 2.43. The molecule has 152 valence electrons. The second kappa shape index (κ2) is 7.20. The van der Waals surface area contributed by atoms with Gasteiger partial charge in [0.1, 0.15) is 11.6 Å². The smallest absolute Gasteiger partial charge is 0.238 e. The standard InChI is InChI=1S/C21H20FNO5S/c1-4-21(3)20(25)18(14-7-10-16(12(2)24)17(22)11-14)19(28-21)13-5-8-15(9-6-13)29(23,26)27/h5-11H,4H2,1-3H3,(H2,23,26,27). The predicted octanol–water partition coefficient (Wildman–Crippen LogP) is 3.31. The Labute approximate surface area is 168 Å². The first-order chi connectivity index (χ1) is 13.5. The molecule has 0 saturated carbocycles. The molecule has 1 heterocycles. The molecule has 6 nitrogen and oxygen atoms in total. The van der Waals surface area contributed by atoms with Gasteiger partial charge in [-0.05, 0) is 62.2 Å². The average molecular weight is 417 g/mol. The van der Waals surface area contributed by atoms with Gasteiger partial charge >= 0.3 is 0 Å². The summed E-state index contributed by atoms with van der Waals surface area (Å²) < 4.78 is 43.3. The summed E-state index contributed by atoms with van der Waals surface area (Å²) in [4.78, 5) is 24.5. The molecule has 1 unspecified atom stereocenters. The lowest BCUT2D eigenvalue weighted by Gasteiger charge is -2.21. The van der Waals surface area contributed by atoms with Gasteiger partial charge in [-0.15, -0.1) is 0 Å². The second-order valence-electron chi connectivity index (χ2n) is 7.04. The van der Waals surface area contributed by atoms with Crippen LogP contribution in [0.3, 0.4) is 0 Å². The molecular formula is C21H20FNO5S. The zero-order valence-corrected chi connectivity index (χ0v) is 17.0. The Balaban J connectivity index is 2.19. The zero-order chi connectivity index (χ0) is 21.6. The van der Waals surface area contributed by atoms with Crippen LogP contribution in [0.4, 0.5) is 4.39 Å². The van der Waals surface area contributed by atoms with E-state index >= 15 is 0 Å². The van der Waals surface area contributed by atoms with Crippen LogP contribution in [0, 0.1) is 5.82 Å². The largest absolute Gasteiger partial charge is 0.478 e. The Kier molecular flexibility index (Phi) is 5.19. The van der Waals surface area contributed by atoms with Gasteiger partial charge in [-0.25, -0.2) is 17.9 Å². The quantitative estimate of drug-likeness (QED) is 0.752. The highest BCUT2D eigenvalue weighted by atomic mass is 32.2. The molecule has 0 spiro atoms. The molecule has 1 atom stereocenters. The van der Waals surface area contributed by atoms with Crippen molar-refractivity contribution in [2.75, 3.05) is 0 Å². The van der Waals surface area contributed by atoms with E-state index in [-0.39, 0.29) is 33.1 Å². The van der Waals surface area contributed by atoms with Crippen molar-refractivity contribution in [1.29, 1.82) is 0 Å². The molecule has 3 rings (SSSR count). The molecule has 0 fully saturated rings. The van der Waals surface area contributed by atoms with E-state index in [4.69, 9.17) is 9.88 Å². The van der Waals surface area contributed by atoms with E-state index in [0.717, 1.165) is 6.07 Å². The fourth-order valence-electron chi connectivity index (χ4n) is 3.14. The molecule has 2 N–H and O–H groups in total. The van der Waals surface area contributed by atoms with Crippen LogP contribution in [0.5, 0.6) is 0 Å². The van der Waals surface area contributed by atoms with E-state index in [0.29, 0.717) is 12.0 Å². The maximum Gasteiger partial charge on any atom is 0.238 e. The molecule has 0 amide bonds. The number of sulfonamides is 1. The molecule has 1 aliphatic heterocycles. The number of halogens is 1. The zero-order valence-electron chi connectivity index (χ0n) is 16.2. The summed E-state index contributed by atoms with van der Waals surface area (Å²) in [6, 6.07) is 9.53. The number of carbonyl (C=O) groups is 2. The minimum Gasteiger partial charge on any atom is -0.478 e. The summed E-state index contributed by atoms with van der Waals surface area (Å²) >= 11 is 0. The van der Waals surface area contributed by atoms with Crippen LogP contribution in [0.15, 0.2) is 47.4 Å². The highest BCUT2D eigenvalue weighted by molar-refractivity contribution is 7.89. The molecule has 29 heavy (non-hydrogen) atoms. The van der Waals surface area contributed by atoms with Gasteiger partial charge in [0.05, 0.1) is 16.0 Å². The first kappa shape index (κ1) is 20.9.